The van der Waals surface area contributed by atoms with Gasteiger partial charge in [0.25, 0.3) is 5.92 Å². The van der Waals surface area contributed by atoms with E-state index in [1.165, 1.54) is 17.4 Å². The van der Waals surface area contributed by atoms with Gasteiger partial charge in [0.2, 0.25) is 0 Å². The number of hydrogen-bond donors (Lipinski definition) is 0. The molecule has 2 aliphatic heterocycles. The van der Waals surface area contributed by atoms with Crippen molar-refractivity contribution in [1.82, 2.24) is 34.7 Å². The molecule has 4 aromatic rings. The number of hydrogen-bond acceptors (Lipinski definition) is 7. The van der Waals surface area contributed by atoms with Crippen LogP contribution in [0.3, 0.4) is 0 Å². The van der Waals surface area contributed by atoms with Crippen LogP contribution in [0.1, 0.15) is 40.1 Å². The van der Waals surface area contributed by atoms with Gasteiger partial charge in [0, 0.05) is 53.6 Å². The summed E-state index contributed by atoms with van der Waals surface area (Å²) >= 11 is 7.35. The lowest BCUT2D eigenvalue weighted by Gasteiger charge is -2.45. The maximum Gasteiger partial charge on any atom is 0.297 e. The quantitative estimate of drug-likeness (QED) is 0.376. The number of piperidine rings is 1. The second-order valence-corrected chi connectivity index (χ2v) is 11.0. The minimum absolute atomic E-state index is 0.0331. The average Bonchev–Trinajstić information content (AvgIpc) is 3.60. The highest BCUT2D eigenvalue weighted by atomic mass is 35.5. The molecule has 0 radical (unpaired) electrons. The van der Waals surface area contributed by atoms with Crippen molar-refractivity contribution in [1.29, 1.82) is 0 Å². The highest BCUT2D eigenvalue weighted by Gasteiger charge is 2.51. The van der Waals surface area contributed by atoms with Crippen LogP contribution >= 0.6 is 22.9 Å². The maximum absolute atomic E-state index is 14.4. The number of ether oxygens (including phenoxy) is 1. The Bertz CT molecular complexity index is 1380. The topological polar surface area (TPSA) is 73.9 Å². The minimum atomic E-state index is -3.00. The van der Waals surface area contributed by atoms with E-state index in [9.17, 15) is 8.78 Å². The molecule has 0 bridgehead atoms. The van der Waals surface area contributed by atoms with Crippen molar-refractivity contribution >= 4 is 22.9 Å². The molecule has 0 N–H and O–H groups in total. The number of rotatable bonds is 5. The van der Waals surface area contributed by atoms with E-state index in [1.54, 1.807) is 28.1 Å². The van der Waals surface area contributed by atoms with Crippen LogP contribution in [-0.4, -0.2) is 54.4 Å². The van der Waals surface area contributed by atoms with E-state index in [2.05, 4.69) is 20.1 Å². The van der Waals surface area contributed by atoms with E-state index in [-0.39, 0.29) is 5.56 Å². The molecular formula is C24H24ClF2N7OS. The fraction of sp³-hybridized carbons (Fsp3) is 0.417. The molecule has 0 amide bonds. The molecule has 1 spiro atoms. The first-order chi connectivity index (χ1) is 17.3. The van der Waals surface area contributed by atoms with Crippen molar-refractivity contribution in [3.05, 3.63) is 74.6 Å². The second-order valence-electron chi connectivity index (χ2n) is 9.29. The number of aryl methyl sites for hydroxylation is 1. The largest absolute Gasteiger partial charge is 0.363 e. The van der Waals surface area contributed by atoms with Gasteiger partial charge in [0.05, 0.1) is 29.0 Å². The Morgan fingerprint density at radius 2 is 1.89 bits per heavy atom. The minimum Gasteiger partial charge on any atom is -0.363 e. The van der Waals surface area contributed by atoms with Crippen molar-refractivity contribution in [3.63, 3.8) is 0 Å². The van der Waals surface area contributed by atoms with Crippen LogP contribution in [0.5, 0.6) is 0 Å². The van der Waals surface area contributed by atoms with Gasteiger partial charge < -0.3 is 4.74 Å². The Hall–Kier alpha value is -2.73. The molecule has 8 nitrogen and oxygen atoms in total. The first-order valence-corrected chi connectivity index (χ1v) is 12.9. The Balaban J connectivity index is 1.18. The van der Waals surface area contributed by atoms with Crippen molar-refractivity contribution in [3.8, 4) is 5.82 Å². The first kappa shape index (κ1) is 23.7. The predicted octanol–water partition coefficient (Wildman–Crippen LogP) is 4.54. The molecule has 0 unspecified atom stereocenters. The van der Waals surface area contributed by atoms with E-state index in [4.69, 9.17) is 21.4 Å². The summed E-state index contributed by atoms with van der Waals surface area (Å²) in [6, 6.07) is 5.29. The highest BCUT2D eigenvalue weighted by Crippen LogP contribution is 2.52. The molecule has 4 aromatic heterocycles. The van der Waals surface area contributed by atoms with E-state index in [0.29, 0.717) is 35.1 Å². The molecular weight excluding hydrogens is 508 g/mol. The van der Waals surface area contributed by atoms with E-state index >= 15 is 0 Å². The van der Waals surface area contributed by atoms with Gasteiger partial charge in [0.15, 0.2) is 5.82 Å². The molecule has 36 heavy (non-hydrogen) atoms. The van der Waals surface area contributed by atoms with Crippen LogP contribution in [0.4, 0.5) is 8.78 Å². The van der Waals surface area contributed by atoms with E-state index < -0.39 is 18.1 Å². The smallest absolute Gasteiger partial charge is 0.297 e. The van der Waals surface area contributed by atoms with Gasteiger partial charge in [-0.15, -0.1) is 11.3 Å². The summed E-state index contributed by atoms with van der Waals surface area (Å²) in [6.07, 6.45) is 8.33. The van der Waals surface area contributed by atoms with Crippen LogP contribution in [0, 0.1) is 6.92 Å². The monoisotopic (exact) mass is 531 g/mol. The fourth-order valence-corrected chi connectivity index (χ4v) is 6.50. The lowest BCUT2D eigenvalue weighted by molar-refractivity contribution is -0.182. The molecule has 12 heteroatoms. The molecule has 6 heterocycles. The SMILES string of the molecule is Cc1nn(-c2ncccc2Cn2nccn2)cc1CN1CCC2(CC1)OCC(F)(F)c1cc(Cl)sc12. The van der Waals surface area contributed by atoms with Crippen LogP contribution in [0.15, 0.2) is 43.0 Å². The van der Waals surface area contributed by atoms with Crippen molar-refractivity contribution < 1.29 is 13.5 Å². The molecule has 1 fully saturated rings. The van der Waals surface area contributed by atoms with Gasteiger partial charge in [-0.05, 0) is 31.9 Å². The van der Waals surface area contributed by atoms with Crippen LogP contribution in [0.2, 0.25) is 4.34 Å². The molecule has 0 saturated carbocycles. The summed E-state index contributed by atoms with van der Waals surface area (Å²) in [5.74, 6) is -2.26. The van der Waals surface area contributed by atoms with E-state index in [1.807, 2.05) is 25.3 Å². The number of pyridine rings is 1. The van der Waals surface area contributed by atoms with Crippen LogP contribution in [0.25, 0.3) is 5.82 Å². The Labute approximate surface area is 215 Å². The number of aromatic nitrogens is 6. The Morgan fingerprint density at radius 3 is 2.67 bits per heavy atom. The third-order valence-electron chi connectivity index (χ3n) is 6.96. The fourth-order valence-electron chi connectivity index (χ4n) is 5.02. The summed E-state index contributed by atoms with van der Waals surface area (Å²) in [4.78, 5) is 9.06. The zero-order chi connectivity index (χ0) is 24.9. The summed E-state index contributed by atoms with van der Waals surface area (Å²) in [7, 11) is 0. The van der Waals surface area contributed by atoms with E-state index in [0.717, 1.165) is 35.7 Å². The average molecular weight is 532 g/mol. The lowest BCUT2D eigenvalue weighted by atomic mass is 9.84. The van der Waals surface area contributed by atoms with Crippen LogP contribution < -0.4 is 0 Å². The molecule has 188 valence electrons. The summed E-state index contributed by atoms with van der Waals surface area (Å²) in [6.45, 7) is 4.04. The number of alkyl halides is 2. The molecule has 0 aliphatic carbocycles. The normalized spacial score (nSPS) is 19.0. The van der Waals surface area contributed by atoms with Crippen molar-refractivity contribution in [2.45, 2.75) is 44.4 Å². The van der Waals surface area contributed by atoms with Crippen molar-refractivity contribution in [2.24, 2.45) is 0 Å². The van der Waals surface area contributed by atoms with Gasteiger partial charge in [-0.2, -0.15) is 28.9 Å². The molecule has 0 atom stereocenters. The lowest BCUT2D eigenvalue weighted by Crippen LogP contribution is -2.48. The maximum atomic E-state index is 14.4. The summed E-state index contributed by atoms with van der Waals surface area (Å²) in [5.41, 5.74) is 2.32. The standard InChI is InChI=1S/C24H24ClF2N7OS/c1-16-18(13-33(31-16)22-17(3-2-6-28-22)14-34-29-7-8-30-34)12-32-9-4-23(5-10-32)21-19(11-20(25)36-21)24(26,27)15-35-23/h2-3,6-8,11,13H,4-5,9-10,12,14-15H2,1H3. The number of likely N-dealkylation sites (tertiary alicyclic amines) is 1. The number of fused-ring (bicyclic) bond motifs is 2. The molecule has 1 saturated heterocycles. The van der Waals surface area contributed by atoms with Crippen molar-refractivity contribution in [2.75, 3.05) is 19.7 Å². The van der Waals surface area contributed by atoms with Gasteiger partial charge in [0.1, 0.15) is 12.2 Å². The first-order valence-electron chi connectivity index (χ1n) is 11.7. The predicted molar refractivity (Wildman–Crippen MR) is 131 cm³/mol. The van der Waals surface area contributed by atoms with Crippen LogP contribution in [-0.2, 0) is 29.3 Å². The second kappa shape index (κ2) is 8.98. The zero-order valence-corrected chi connectivity index (χ0v) is 21.1. The third kappa shape index (κ3) is 4.23. The molecule has 6 rings (SSSR count). The van der Waals surface area contributed by atoms with Gasteiger partial charge in [-0.25, -0.2) is 9.67 Å². The highest BCUT2D eigenvalue weighted by molar-refractivity contribution is 7.16. The third-order valence-corrected chi connectivity index (χ3v) is 8.41. The van der Waals surface area contributed by atoms with Gasteiger partial charge in [-0.1, -0.05) is 17.7 Å². The summed E-state index contributed by atoms with van der Waals surface area (Å²) in [5, 5.41) is 13.1. The summed E-state index contributed by atoms with van der Waals surface area (Å²) < 4.78 is 36.9. The zero-order valence-electron chi connectivity index (χ0n) is 19.6. The van der Waals surface area contributed by atoms with Gasteiger partial charge in [-0.3, -0.25) is 4.90 Å². The molecule has 2 aliphatic rings. The number of thiophene rings is 1. The van der Waals surface area contributed by atoms with Gasteiger partial charge >= 0.3 is 0 Å². The Kier molecular flexibility index (Phi) is 5.90. The number of nitrogens with zero attached hydrogens (tertiary/aromatic N) is 7. The number of halogens is 3. The Morgan fingerprint density at radius 1 is 1.11 bits per heavy atom. The molecule has 0 aromatic carbocycles.